The van der Waals surface area contributed by atoms with Crippen molar-refractivity contribution in [2.45, 2.75) is 25.0 Å². The first kappa shape index (κ1) is 12.5. The van der Waals surface area contributed by atoms with E-state index in [9.17, 15) is 10.2 Å². The minimum absolute atomic E-state index is 0. The molecule has 0 aromatic heterocycles. The largest absolute Gasteiger partial charge is 0.425 e. The summed E-state index contributed by atoms with van der Waals surface area (Å²) in [5, 5.41) is 18.4. The van der Waals surface area contributed by atoms with Crippen LogP contribution in [-0.4, -0.2) is 22.4 Å². The molecular formula is C9H13O2U-. The molecule has 0 spiro atoms. The summed E-state index contributed by atoms with van der Waals surface area (Å²) < 4.78 is 0. The van der Waals surface area contributed by atoms with E-state index in [0.717, 1.165) is 5.57 Å². The van der Waals surface area contributed by atoms with Gasteiger partial charge in [-0.3, -0.25) is 6.42 Å². The van der Waals surface area contributed by atoms with Gasteiger partial charge in [-0.15, -0.1) is 0 Å². The molecule has 0 amide bonds. The summed E-state index contributed by atoms with van der Waals surface area (Å²) in [7, 11) is 0. The predicted octanol–water partition coefficient (Wildman–Crippen LogP) is 0.819. The van der Waals surface area contributed by atoms with Crippen LogP contribution in [0.25, 0.3) is 0 Å². The van der Waals surface area contributed by atoms with Gasteiger partial charge in [0, 0.05) is 31.1 Å². The van der Waals surface area contributed by atoms with Gasteiger partial charge in [0.2, 0.25) is 0 Å². The molecule has 1 fully saturated rings. The van der Waals surface area contributed by atoms with E-state index in [1.807, 2.05) is 6.08 Å². The van der Waals surface area contributed by atoms with Crippen molar-refractivity contribution in [1.29, 1.82) is 0 Å². The van der Waals surface area contributed by atoms with E-state index in [1.54, 1.807) is 12.5 Å². The average molecular weight is 391 g/mol. The van der Waals surface area contributed by atoms with Crippen molar-refractivity contribution in [3.63, 3.8) is 0 Å². The second kappa shape index (κ2) is 5.99. The van der Waals surface area contributed by atoms with Crippen LogP contribution in [-0.2, 0) is 0 Å². The molecule has 66 valence electrons. The Balaban J connectivity index is 0.00000121. The maximum Gasteiger partial charge on any atom is 0 e. The Morgan fingerprint density at radius 3 is 2.25 bits per heavy atom. The molecule has 1 aliphatic rings. The Bertz CT molecular complexity index is 165. The topological polar surface area (TPSA) is 40.5 Å². The van der Waals surface area contributed by atoms with Crippen molar-refractivity contribution in [2.24, 2.45) is 0 Å². The van der Waals surface area contributed by atoms with Gasteiger partial charge in [0.25, 0.3) is 0 Å². The molecule has 2 atom stereocenters. The molecule has 2 N–H and O–H groups in total. The number of allylic oxidation sites excluding steroid dienone is 2. The standard InChI is InChI=1S/C9H13O2.U/c1-2-3-7-4-8(10)6-9(11)5-7;/h2-3,6,8-11H,1,4-5H2;/q-1;/t8-,9-;/m1./s1. The number of aliphatic hydroxyl groups excluding tert-OH is 2. The first-order valence-electron chi connectivity index (χ1n) is 3.74. The van der Waals surface area contributed by atoms with Gasteiger partial charge >= 0.3 is 0 Å². The summed E-state index contributed by atoms with van der Waals surface area (Å²) in [5.74, 6) is 0. The zero-order valence-corrected chi connectivity index (χ0v) is 11.1. The van der Waals surface area contributed by atoms with Crippen LogP contribution in [0.15, 0.2) is 24.3 Å². The Kier molecular flexibility index (Phi) is 6.22. The van der Waals surface area contributed by atoms with Gasteiger partial charge < -0.3 is 10.2 Å². The summed E-state index contributed by atoms with van der Waals surface area (Å²) in [6.07, 6.45) is 5.35. The number of rotatable bonds is 1. The molecule has 1 rings (SSSR count). The summed E-state index contributed by atoms with van der Waals surface area (Å²) >= 11 is 0. The van der Waals surface area contributed by atoms with Crippen LogP contribution in [0.3, 0.4) is 0 Å². The third kappa shape index (κ3) is 3.91. The molecule has 0 aromatic rings. The molecule has 12 heavy (non-hydrogen) atoms. The van der Waals surface area contributed by atoms with Crippen LogP contribution < -0.4 is 0 Å². The maximum absolute atomic E-state index is 9.19. The fraction of sp³-hybridized carbons (Fsp3) is 0.444. The Labute approximate surface area is 96.7 Å². The van der Waals surface area contributed by atoms with E-state index in [-0.39, 0.29) is 31.1 Å². The molecule has 0 bridgehead atoms. The van der Waals surface area contributed by atoms with Crippen molar-refractivity contribution < 1.29 is 41.3 Å². The van der Waals surface area contributed by atoms with Crippen LogP contribution in [0.4, 0.5) is 0 Å². The van der Waals surface area contributed by atoms with Crippen LogP contribution in [0.2, 0.25) is 0 Å². The van der Waals surface area contributed by atoms with Gasteiger partial charge in [0.15, 0.2) is 0 Å². The SMILES string of the molecule is C=CC=C1C[C@@H](O)[CH-][C@H](O)C1.[U]. The minimum Gasteiger partial charge on any atom is -0.425 e. The van der Waals surface area contributed by atoms with E-state index < -0.39 is 12.2 Å². The zero-order valence-electron chi connectivity index (χ0n) is 6.90. The quantitative estimate of drug-likeness (QED) is 0.650. The molecule has 0 heterocycles. The molecule has 0 unspecified atom stereocenters. The number of aliphatic hydroxyl groups is 2. The van der Waals surface area contributed by atoms with Gasteiger partial charge in [0.05, 0.1) is 0 Å². The van der Waals surface area contributed by atoms with Gasteiger partial charge in [-0.2, -0.15) is 0 Å². The number of hydrogen-bond donors (Lipinski definition) is 2. The molecule has 2 nitrogen and oxygen atoms in total. The van der Waals surface area contributed by atoms with Crippen molar-refractivity contribution >= 4 is 0 Å². The van der Waals surface area contributed by atoms with Crippen LogP contribution in [0.1, 0.15) is 12.8 Å². The smallest absolute Gasteiger partial charge is 0 e. The first-order chi connectivity index (χ1) is 5.22. The molecule has 0 aliphatic heterocycles. The summed E-state index contributed by atoms with van der Waals surface area (Å²) in [4.78, 5) is 0. The van der Waals surface area contributed by atoms with Crippen LogP contribution in [0, 0.1) is 37.5 Å². The predicted molar refractivity (Wildman–Crippen MR) is 43.8 cm³/mol. The average Bonchev–Trinajstić information content (AvgIpc) is 1.85. The zero-order chi connectivity index (χ0) is 8.27. The van der Waals surface area contributed by atoms with Crippen molar-refractivity contribution in [3.05, 3.63) is 30.7 Å². The maximum atomic E-state index is 9.19. The summed E-state index contributed by atoms with van der Waals surface area (Å²) in [6.45, 7) is 3.55. The molecule has 0 radical (unpaired) electrons. The Hall–Kier alpha value is 0.452. The summed E-state index contributed by atoms with van der Waals surface area (Å²) in [6, 6.07) is 0. The Morgan fingerprint density at radius 2 is 1.83 bits per heavy atom. The minimum atomic E-state index is -0.495. The molecule has 1 aliphatic carbocycles. The monoisotopic (exact) mass is 391 g/mol. The van der Waals surface area contributed by atoms with Crippen molar-refractivity contribution in [1.82, 2.24) is 0 Å². The Morgan fingerprint density at radius 1 is 1.33 bits per heavy atom. The van der Waals surface area contributed by atoms with Crippen LogP contribution >= 0.6 is 0 Å². The molecule has 3 heteroatoms. The second-order valence-electron chi connectivity index (χ2n) is 2.80. The third-order valence-corrected chi connectivity index (χ3v) is 1.74. The number of hydrogen-bond acceptors (Lipinski definition) is 2. The fourth-order valence-corrected chi connectivity index (χ4v) is 1.32. The van der Waals surface area contributed by atoms with Crippen molar-refractivity contribution in [3.8, 4) is 0 Å². The van der Waals surface area contributed by atoms with Crippen LogP contribution in [0.5, 0.6) is 0 Å². The van der Waals surface area contributed by atoms with Gasteiger partial charge in [-0.25, -0.2) is 0 Å². The van der Waals surface area contributed by atoms with Gasteiger partial charge in [-0.1, -0.05) is 36.5 Å². The van der Waals surface area contributed by atoms with E-state index in [0.29, 0.717) is 12.8 Å². The first-order valence-corrected chi connectivity index (χ1v) is 3.74. The van der Waals surface area contributed by atoms with E-state index in [4.69, 9.17) is 0 Å². The van der Waals surface area contributed by atoms with Crippen molar-refractivity contribution in [2.75, 3.05) is 0 Å². The second-order valence-corrected chi connectivity index (χ2v) is 2.80. The van der Waals surface area contributed by atoms with Gasteiger partial charge in [0.1, 0.15) is 0 Å². The van der Waals surface area contributed by atoms with E-state index in [1.165, 1.54) is 0 Å². The van der Waals surface area contributed by atoms with E-state index >= 15 is 0 Å². The fourth-order valence-electron chi connectivity index (χ4n) is 1.32. The third-order valence-electron chi connectivity index (χ3n) is 1.74. The van der Waals surface area contributed by atoms with E-state index in [2.05, 4.69) is 6.58 Å². The van der Waals surface area contributed by atoms with Gasteiger partial charge in [-0.05, 0) is 12.8 Å². The normalized spacial score (nSPS) is 29.0. The molecular weight excluding hydrogens is 378 g/mol. The molecule has 0 aromatic carbocycles. The molecule has 0 saturated heterocycles. The summed E-state index contributed by atoms with van der Waals surface area (Å²) in [5.41, 5.74) is 1.06. The molecule has 1 saturated carbocycles.